The molecule has 3 aromatic rings. The van der Waals surface area contributed by atoms with Crippen LogP contribution in [0.15, 0.2) is 53.6 Å². The van der Waals surface area contributed by atoms with Gasteiger partial charge in [-0.3, -0.25) is 4.79 Å². The number of carbonyl (C=O) groups excluding carboxylic acids is 2. The first kappa shape index (κ1) is 21.7. The van der Waals surface area contributed by atoms with Crippen molar-refractivity contribution >= 4 is 33.4 Å². The van der Waals surface area contributed by atoms with Crippen LogP contribution < -0.4 is 5.14 Å². The number of nitrogens with two attached hydrogens (primary N) is 1. The van der Waals surface area contributed by atoms with Crippen molar-refractivity contribution in [2.75, 3.05) is 6.61 Å². The molecule has 0 bridgehead atoms. The van der Waals surface area contributed by atoms with E-state index in [4.69, 9.17) is 21.5 Å². The van der Waals surface area contributed by atoms with Gasteiger partial charge < -0.3 is 9.30 Å². The molecule has 156 valence electrons. The smallest absolute Gasteiger partial charge is 0.341 e. The molecule has 0 aliphatic rings. The van der Waals surface area contributed by atoms with Gasteiger partial charge in [0.05, 0.1) is 10.5 Å². The van der Waals surface area contributed by atoms with Gasteiger partial charge in [-0.1, -0.05) is 11.6 Å². The molecule has 2 N–H and O–H groups in total. The number of ether oxygens (including phenoxy) is 1. The molecule has 1 aromatic carbocycles. The SMILES string of the molecule is Cc1cc(C(=O)COC(=O)c2cccnc2Cl)c(C)n1-c1ccc(S(N)(=O)=O)cc1. The Morgan fingerprint density at radius 3 is 2.40 bits per heavy atom. The number of ketones is 1. The first-order valence-electron chi connectivity index (χ1n) is 8.72. The fourth-order valence-corrected chi connectivity index (χ4v) is 3.76. The summed E-state index contributed by atoms with van der Waals surface area (Å²) in [6.45, 7) is 3.09. The second-order valence-electron chi connectivity index (χ2n) is 6.50. The number of hydrogen-bond acceptors (Lipinski definition) is 6. The van der Waals surface area contributed by atoms with Gasteiger partial charge in [0.2, 0.25) is 15.8 Å². The molecular weight excluding hydrogens is 430 g/mol. The number of benzene rings is 1. The summed E-state index contributed by atoms with van der Waals surface area (Å²) < 4.78 is 29.7. The molecule has 0 radical (unpaired) electrons. The van der Waals surface area contributed by atoms with Crippen LogP contribution in [0, 0.1) is 13.8 Å². The zero-order chi connectivity index (χ0) is 22.1. The highest BCUT2D eigenvalue weighted by Gasteiger charge is 2.20. The number of hydrogen-bond donors (Lipinski definition) is 1. The maximum absolute atomic E-state index is 12.6. The molecule has 10 heteroatoms. The van der Waals surface area contributed by atoms with E-state index in [1.54, 1.807) is 42.7 Å². The number of aromatic nitrogens is 2. The van der Waals surface area contributed by atoms with E-state index in [1.807, 2.05) is 0 Å². The van der Waals surface area contributed by atoms with Crippen molar-refractivity contribution in [3.63, 3.8) is 0 Å². The van der Waals surface area contributed by atoms with Gasteiger partial charge in [-0.05, 0) is 56.3 Å². The zero-order valence-corrected chi connectivity index (χ0v) is 17.7. The number of aryl methyl sites for hydroxylation is 1. The summed E-state index contributed by atoms with van der Waals surface area (Å²) in [6, 6.07) is 10.7. The van der Waals surface area contributed by atoms with Crippen LogP contribution in [0.3, 0.4) is 0 Å². The second-order valence-corrected chi connectivity index (χ2v) is 8.42. The van der Waals surface area contributed by atoms with Gasteiger partial charge in [-0.2, -0.15) is 0 Å². The average molecular weight is 448 g/mol. The molecular formula is C20H18ClN3O5S. The van der Waals surface area contributed by atoms with Crippen molar-refractivity contribution < 1.29 is 22.7 Å². The number of pyridine rings is 1. The Labute approximate surface area is 178 Å². The number of esters is 1. The molecule has 0 fully saturated rings. The summed E-state index contributed by atoms with van der Waals surface area (Å²) in [4.78, 5) is 28.6. The second kappa shape index (κ2) is 8.39. The van der Waals surface area contributed by atoms with E-state index in [9.17, 15) is 18.0 Å². The van der Waals surface area contributed by atoms with Crippen molar-refractivity contribution in [1.82, 2.24) is 9.55 Å². The number of halogens is 1. The number of sulfonamides is 1. The van der Waals surface area contributed by atoms with E-state index in [-0.39, 0.29) is 21.4 Å². The fourth-order valence-electron chi connectivity index (χ4n) is 3.05. The minimum Gasteiger partial charge on any atom is -0.454 e. The third-order valence-corrected chi connectivity index (χ3v) is 5.70. The molecule has 0 saturated heterocycles. The van der Waals surface area contributed by atoms with Crippen molar-refractivity contribution in [3.05, 3.63) is 76.3 Å². The highest BCUT2D eigenvalue weighted by molar-refractivity contribution is 7.89. The lowest BCUT2D eigenvalue weighted by Crippen LogP contribution is -2.15. The maximum Gasteiger partial charge on any atom is 0.341 e. The molecule has 0 spiro atoms. The van der Waals surface area contributed by atoms with Crippen LogP contribution in [-0.4, -0.2) is 36.3 Å². The minimum atomic E-state index is -3.80. The molecule has 0 saturated carbocycles. The van der Waals surface area contributed by atoms with E-state index in [1.165, 1.54) is 24.4 Å². The summed E-state index contributed by atoms with van der Waals surface area (Å²) in [7, 11) is -3.80. The third kappa shape index (κ3) is 4.43. The summed E-state index contributed by atoms with van der Waals surface area (Å²) in [5, 5.41) is 5.12. The average Bonchev–Trinajstić information content (AvgIpc) is 3.00. The van der Waals surface area contributed by atoms with Gasteiger partial charge >= 0.3 is 5.97 Å². The van der Waals surface area contributed by atoms with Gasteiger partial charge in [-0.15, -0.1) is 0 Å². The van der Waals surface area contributed by atoms with Crippen LogP contribution in [0.1, 0.15) is 32.1 Å². The lowest BCUT2D eigenvalue weighted by atomic mass is 10.1. The minimum absolute atomic E-state index is 0.00364. The van der Waals surface area contributed by atoms with E-state index in [2.05, 4.69) is 4.98 Å². The first-order valence-corrected chi connectivity index (χ1v) is 10.6. The van der Waals surface area contributed by atoms with Crippen LogP contribution in [-0.2, 0) is 14.8 Å². The summed E-state index contributed by atoms with van der Waals surface area (Å²) in [6.07, 6.45) is 1.44. The van der Waals surface area contributed by atoms with Crippen molar-refractivity contribution in [2.24, 2.45) is 5.14 Å². The van der Waals surface area contributed by atoms with Crippen LogP contribution in [0.25, 0.3) is 5.69 Å². The van der Waals surface area contributed by atoms with Crippen LogP contribution in [0.4, 0.5) is 0 Å². The molecule has 2 aromatic heterocycles. The normalized spacial score (nSPS) is 11.3. The van der Waals surface area contributed by atoms with Gasteiger partial charge in [0, 0.05) is 28.8 Å². The predicted molar refractivity (Wildman–Crippen MR) is 110 cm³/mol. The van der Waals surface area contributed by atoms with E-state index in [0.29, 0.717) is 16.9 Å². The first-order chi connectivity index (χ1) is 14.1. The molecule has 8 nitrogen and oxygen atoms in total. The number of Topliss-reactive ketones (excluding diaryl/α,β-unsaturated/α-hetero) is 1. The van der Waals surface area contributed by atoms with Gasteiger partial charge in [0.25, 0.3) is 0 Å². The molecule has 0 aliphatic carbocycles. The lowest BCUT2D eigenvalue weighted by molar-refractivity contribution is 0.0474. The van der Waals surface area contributed by atoms with E-state index >= 15 is 0 Å². The highest BCUT2D eigenvalue weighted by atomic mass is 35.5. The number of carbonyl (C=O) groups is 2. The molecule has 2 heterocycles. The van der Waals surface area contributed by atoms with Crippen LogP contribution in [0.2, 0.25) is 5.15 Å². The Kier molecular flexibility index (Phi) is 6.06. The topological polar surface area (TPSA) is 121 Å². The fraction of sp³-hybridized carbons (Fsp3) is 0.150. The molecule has 0 aliphatic heterocycles. The monoisotopic (exact) mass is 447 g/mol. The van der Waals surface area contributed by atoms with Crippen molar-refractivity contribution in [3.8, 4) is 5.69 Å². The Balaban J connectivity index is 1.80. The van der Waals surface area contributed by atoms with E-state index in [0.717, 1.165) is 5.69 Å². The molecule has 0 atom stereocenters. The highest BCUT2D eigenvalue weighted by Crippen LogP contribution is 2.23. The Morgan fingerprint density at radius 2 is 1.80 bits per heavy atom. The standard InChI is InChI=1S/C20H18ClN3O5S/c1-12-10-17(18(25)11-29-20(26)16-4-3-9-23-19(16)21)13(2)24(12)14-5-7-15(8-6-14)30(22,27)28/h3-10H,11H2,1-2H3,(H2,22,27,28). The molecule has 0 amide bonds. The zero-order valence-electron chi connectivity index (χ0n) is 16.1. The summed E-state index contributed by atoms with van der Waals surface area (Å²) in [5.41, 5.74) is 2.49. The number of nitrogens with zero attached hydrogens (tertiary/aromatic N) is 2. The molecule has 3 rings (SSSR count). The molecule has 0 unspecified atom stereocenters. The Bertz CT molecular complexity index is 1230. The lowest BCUT2D eigenvalue weighted by Gasteiger charge is -2.11. The Morgan fingerprint density at radius 1 is 1.13 bits per heavy atom. The quantitative estimate of drug-likeness (QED) is 0.352. The number of rotatable bonds is 6. The third-order valence-electron chi connectivity index (χ3n) is 4.47. The van der Waals surface area contributed by atoms with Crippen molar-refractivity contribution in [2.45, 2.75) is 18.7 Å². The van der Waals surface area contributed by atoms with Crippen LogP contribution >= 0.6 is 11.6 Å². The van der Waals surface area contributed by atoms with Gasteiger partial charge in [0.1, 0.15) is 5.15 Å². The van der Waals surface area contributed by atoms with Crippen LogP contribution in [0.5, 0.6) is 0 Å². The van der Waals surface area contributed by atoms with E-state index < -0.39 is 22.6 Å². The Hall–Kier alpha value is -3.01. The summed E-state index contributed by atoms with van der Waals surface area (Å²) >= 11 is 5.86. The maximum atomic E-state index is 12.6. The number of primary sulfonamides is 1. The predicted octanol–water partition coefficient (Wildman–Crippen LogP) is 2.83. The van der Waals surface area contributed by atoms with Gasteiger partial charge in [-0.25, -0.2) is 23.3 Å². The summed E-state index contributed by atoms with van der Waals surface area (Å²) in [5.74, 6) is -1.13. The van der Waals surface area contributed by atoms with Gasteiger partial charge in [0.15, 0.2) is 6.61 Å². The molecule has 30 heavy (non-hydrogen) atoms. The van der Waals surface area contributed by atoms with Crippen molar-refractivity contribution in [1.29, 1.82) is 0 Å². The largest absolute Gasteiger partial charge is 0.454 e.